The molecule has 0 bridgehead atoms. The van der Waals surface area contributed by atoms with Crippen LogP contribution in [-0.4, -0.2) is 15.8 Å². The van der Waals surface area contributed by atoms with E-state index in [1.165, 1.54) is 5.56 Å². The lowest BCUT2D eigenvalue weighted by Gasteiger charge is -2.09. The summed E-state index contributed by atoms with van der Waals surface area (Å²) in [6.45, 7) is 8.75. The standard InChI is InChI=1S/C16H22N4O/c1-5-13-8-7-9-14(10-13)17-16(21)18-15-11(3)19-20(6-2)12(15)4/h7-10H,5-6H2,1-4H3,(H2,17,18,21). The van der Waals surface area contributed by atoms with E-state index in [2.05, 4.69) is 22.7 Å². The smallest absolute Gasteiger partial charge is 0.308 e. The first kappa shape index (κ1) is 15.1. The molecule has 2 amide bonds. The Morgan fingerprint density at radius 1 is 1.24 bits per heavy atom. The highest BCUT2D eigenvalue weighted by atomic mass is 16.2. The van der Waals surface area contributed by atoms with Crippen LogP contribution in [0.25, 0.3) is 0 Å². The van der Waals surface area contributed by atoms with Gasteiger partial charge in [-0.2, -0.15) is 5.10 Å². The molecule has 0 aliphatic rings. The Hall–Kier alpha value is -2.30. The zero-order valence-corrected chi connectivity index (χ0v) is 13.0. The molecular formula is C16H22N4O. The van der Waals surface area contributed by atoms with Gasteiger partial charge in [-0.1, -0.05) is 19.1 Å². The molecule has 2 aromatic rings. The number of carbonyl (C=O) groups excluding carboxylic acids is 1. The third kappa shape index (κ3) is 3.42. The molecule has 0 spiro atoms. The SMILES string of the molecule is CCc1cccc(NC(=O)Nc2c(C)nn(CC)c2C)c1. The second kappa shape index (κ2) is 6.43. The largest absolute Gasteiger partial charge is 0.323 e. The number of aromatic nitrogens is 2. The maximum Gasteiger partial charge on any atom is 0.323 e. The summed E-state index contributed by atoms with van der Waals surface area (Å²) < 4.78 is 1.88. The molecule has 2 N–H and O–H groups in total. The van der Waals surface area contributed by atoms with Gasteiger partial charge in [0.1, 0.15) is 0 Å². The zero-order valence-electron chi connectivity index (χ0n) is 13.0. The van der Waals surface area contributed by atoms with Crippen LogP contribution in [0.15, 0.2) is 24.3 Å². The molecule has 0 saturated carbocycles. The van der Waals surface area contributed by atoms with Gasteiger partial charge in [-0.3, -0.25) is 4.68 Å². The molecule has 1 aromatic heterocycles. The molecule has 0 radical (unpaired) electrons. The Morgan fingerprint density at radius 3 is 2.62 bits per heavy atom. The summed E-state index contributed by atoms with van der Waals surface area (Å²) in [5, 5.41) is 10.1. The molecule has 1 aromatic carbocycles. The van der Waals surface area contributed by atoms with Gasteiger partial charge < -0.3 is 10.6 Å². The maximum absolute atomic E-state index is 12.1. The predicted molar refractivity (Wildman–Crippen MR) is 85.8 cm³/mol. The Balaban J connectivity index is 2.10. The van der Waals surface area contributed by atoms with E-state index >= 15 is 0 Å². The molecule has 5 heteroatoms. The Kier molecular flexibility index (Phi) is 4.62. The van der Waals surface area contributed by atoms with Crippen LogP contribution in [0.1, 0.15) is 30.8 Å². The van der Waals surface area contributed by atoms with Crippen molar-refractivity contribution >= 4 is 17.4 Å². The van der Waals surface area contributed by atoms with Crippen molar-refractivity contribution in [3.8, 4) is 0 Å². The van der Waals surface area contributed by atoms with Crippen molar-refractivity contribution in [2.75, 3.05) is 10.6 Å². The minimum absolute atomic E-state index is 0.245. The number of anilines is 2. The monoisotopic (exact) mass is 286 g/mol. The first-order valence-electron chi connectivity index (χ1n) is 7.26. The summed E-state index contributed by atoms with van der Waals surface area (Å²) in [7, 11) is 0. The van der Waals surface area contributed by atoms with Crippen LogP contribution in [0.4, 0.5) is 16.2 Å². The molecule has 0 fully saturated rings. The summed E-state index contributed by atoms with van der Waals surface area (Å²) in [5.41, 5.74) is 4.56. The average molecular weight is 286 g/mol. The summed E-state index contributed by atoms with van der Waals surface area (Å²) in [4.78, 5) is 12.1. The molecule has 112 valence electrons. The van der Waals surface area contributed by atoms with Crippen molar-refractivity contribution in [3.05, 3.63) is 41.2 Å². The van der Waals surface area contributed by atoms with Gasteiger partial charge >= 0.3 is 6.03 Å². The number of carbonyl (C=O) groups is 1. The molecule has 5 nitrogen and oxygen atoms in total. The normalized spacial score (nSPS) is 10.5. The lowest BCUT2D eigenvalue weighted by atomic mass is 10.1. The van der Waals surface area contributed by atoms with Crippen LogP contribution >= 0.6 is 0 Å². The van der Waals surface area contributed by atoms with E-state index in [1.807, 2.05) is 49.7 Å². The van der Waals surface area contributed by atoms with Crippen LogP contribution < -0.4 is 10.6 Å². The van der Waals surface area contributed by atoms with Gasteiger partial charge in [-0.25, -0.2) is 4.79 Å². The Morgan fingerprint density at radius 2 is 2.00 bits per heavy atom. The van der Waals surface area contributed by atoms with E-state index in [-0.39, 0.29) is 6.03 Å². The van der Waals surface area contributed by atoms with Crippen LogP contribution in [0.3, 0.4) is 0 Å². The highest BCUT2D eigenvalue weighted by Gasteiger charge is 2.13. The van der Waals surface area contributed by atoms with Crippen LogP contribution in [0.2, 0.25) is 0 Å². The number of hydrogen-bond acceptors (Lipinski definition) is 2. The summed E-state index contributed by atoms with van der Waals surface area (Å²) in [6, 6.07) is 7.61. The van der Waals surface area contributed by atoms with Gasteiger partial charge in [0.15, 0.2) is 0 Å². The van der Waals surface area contributed by atoms with E-state index in [0.717, 1.165) is 35.7 Å². The third-order valence-electron chi connectivity index (χ3n) is 3.51. The third-order valence-corrected chi connectivity index (χ3v) is 3.51. The van der Waals surface area contributed by atoms with Gasteiger partial charge in [0, 0.05) is 12.2 Å². The predicted octanol–water partition coefficient (Wildman–Crippen LogP) is 3.73. The van der Waals surface area contributed by atoms with E-state index < -0.39 is 0 Å². The number of nitrogens with one attached hydrogen (secondary N) is 2. The second-order valence-corrected chi connectivity index (χ2v) is 4.99. The highest BCUT2D eigenvalue weighted by Crippen LogP contribution is 2.20. The van der Waals surface area contributed by atoms with Crippen molar-refractivity contribution in [3.63, 3.8) is 0 Å². The fourth-order valence-corrected chi connectivity index (χ4v) is 2.33. The second-order valence-electron chi connectivity index (χ2n) is 4.99. The number of aryl methyl sites for hydroxylation is 3. The topological polar surface area (TPSA) is 59.0 Å². The lowest BCUT2D eigenvalue weighted by molar-refractivity contribution is 0.262. The first-order valence-corrected chi connectivity index (χ1v) is 7.26. The van der Waals surface area contributed by atoms with Gasteiger partial charge in [-0.05, 0) is 44.9 Å². The number of urea groups is 1. The Bertz CT molecular complexity index is 646. The summed E-state index contributed by atoms with van der Waals surface area (Å²) in [5.74, 6) is 0. The molecule has 21 heavy (non-hydrogen) atoms. The van der Waals surface area contributed by atoms with Crippen molar-refractivity contribution in [1.82, 2.24) is 9.78 Å². The van der Waals surface area contributed by atoms with Crippen molar-refractivity contribution in [2.24, 2.45) is 0 Å². The van der Waals surface area contributed by atoms with Gasteiger partial charge in [-0.15, -0.1) is 0 Å². The number of benzene rings is 1. The van der Waals surface area contributed by atoms with E-state index in [9.17, 15) is 4.79 Å². The van der Waals surface area contributed by atoms with Gasteiger partial charge in [0.05, 0.1) is 17.1 Å². The first-order chi connectivity index (χ1) is 10.0. The molecule has 0 atom stereocenters. The molecular weight excluding hydrogens is 264 g/mol. The fraction of sp³-hybridized carbons (Fsp3) is 0.375. The lowest BCUT2D eigenvalue weighted by Crippen LogP contribution is -2.20. The van der Waals surface area contributed by atoms with E-state index in [4.69, 9.17) is 0 Å². The summed E-state index contributed by atoms with van der Waals surface area (Å²) in [6.07, 6.45) is 0.943. The number of hydrogen-bond donors (Lipinski definition) is 2. The van der Waals surface area contributed by atoms with Gasteiger partial charge in [0.25, 0.3) is 0 Å². The van der Waals surface area contributed by atoms with Crippen LogP contribution in [-0.2, 0) is 13.0 Å². The number of nitrogens with zero attached hydrogens (tertiary/aromatic N) is 2. The Labute approximate surface area is 125 Å². The average Bonchev–Trinajstić information content (AvgIpc) is 2.74. The molecule has 0 unspecified atom stereocenters. The molecule has 0 aliphatic carbocycles. The van der Waals surface area contributed by atoms with E-state index in [0.29, 0.717) is 0 Å². The fourth-order valence-electron chi connectivity index (χ4n) is 2.33. The molecule has 1 heterocycles. The van der Waals surface area contributed by atoms with Crippen molar-refractivity contribution in [2.45, 2.75) is 40.7 Å². The minimum Gasteiger partial charge on any atom is -0.308 e. The molecule has 0 saturated heterocycles. The maximum atomic E-state index is 12.1. The van der Waals surface area contributed by atoms with E-state index in [1.54, 1.807) is 0 Å². The number of rotatable bonds is 4. The summed E-state index contributed by atoms with van der Waals surface area (Å²) >= 11 is 0. The van der Waals surface area contributed by atoms with Crippen LogP contribution in [0.5, 0.6) is 0 Å². The zero-order chi connectivity index (χ0) is 15.4. The quantitative estimate of drug-likeness (QED) is 0.899. The van der Waals surface area contributed by atoms with Crippen molar-refractivity contribution in [1.29, 1.82) is 0 Å². The highest BCUT2D eigenvalue weighted by molar-refractivity contribution is 6.00. The minimum atomic E-state index is -0.245. The molecule has 2 rings (SSSR count). The van der Waals surface area contributed by atoms with Gasteiger partial charge in [0.2, 0.25) is 0 Å². The van der Waals surface area contributed by atoms with Crippen LogP contribution in [0, 0.1) is 13.8 Å². The number of amides is 2. The molecule has 0 aliphatic heterocycles. The van der Waals surface area contributed by atoms with Crippen molar-refractivity contribution < 1.29 is 4.79 Å².